The van der Waals surface area contributed by atoms with E-state index in [1.165, 1.54) is 12.1 Å². The van der Waals surface area contributed by atoms with Crippen LogP contribution in [0.2, 0.25) is 5.15 Å². The molecule has 1 heterocycles. The molecule has 0 saturated carbocycles. The van der Waals surface area contributed by atoms with Crippen LogP contribution in [0.15, 0.2) is 23.1 Å². The highest BCUT2D eigenvalue weighted by Crippen LogP contribution is 2.28. The molecular formula is C13H12ClN5O4S2. The van der Waals surface area contributed by atoms with Gasteiger partial charge in [0.1, 0.15) is 22.3 Å². The predicted octanol–water partition coefficient (Wildman–Crippen LogP) is 2.50. The molecule has 2 rings (SSSR count). The molecule has 0 bridgehead atoms. The molecule has 0 spiro atoms. The van der Waals surface area contributed by atoms with Crippen molar-refractivity contribution in [2.24, 2.45) is 0 Å². The van der Waals surface area contributed by atoms with E-state index >= 15 is 0 Å². The fraction of sp³-hybridized carbons (Fsp3) is 0.231. The van der Waals surface area contributed by atoms with Crippen LogP contribution < -0.4 is 10.6 Å². The van der Waals surface area contributed by atoms with Crippen molar-refractivity contribution in [2.75, 3.05) is 30.0 Å². The average Bonchev–Trinajstić information content (AvgIpc) is 2.90. The molecule has 12 heteroatoms. The number of aromatic nitrogens is 1. The smallest absolute Gasteiger partial charge is 0.293 e. The lowest BCUT2D eigenvalue weighted by Gasteiger charge is -2.09. The lowest BCUT2D eigenvalue weighted by Crippen LogP contribution is -2.14. The van der Waals surface area contributed by atoms with Gasteiger partial charge in [-0.2, -0.15) is 9.64 Å². The highest BCUT2D eigenvalue weighted by Gasteiger charge is 2.18. The first-order chi connectivity index (χ1) is 11.7. The Balaban J connectivity index is 2.05. The van der Waals surface area contributed by atoms with Crippen LogP contribution in [-0.2, 0) is 9.84 Å². The molecule has 2 aromatic rings. The van der Waals surface area contributed by atoms with E-state index in [2.05, 4.69) is 15.0 Å². The first kappa shape index (κ1) is 18.9. The van der Waals surface area contributed by atoms with Crippen LogP contribution in [0.4, 0.5) is 16.4 Å². The highest BCUT2D eigenvalue weighted by molar-refractivity contribution is 7.90. The Morgan fingerprint density at radius 3 is 2.68 bits per heavy atom. The van der Waals surface area contributed by atoms with Crippen molar-refractivity contribution in [1.82, 2.24) is 4.37 Å². The lowest BCUT2D eigenvalue weighted by molar-refractivity contribution is -0.384. The van der Waals surface area contributed by atoms with E-state index in [1.54, 1.807) is 0 Å². The summed E-state index contributed by atoms with van der Waals surface area (Å²) in [5.74, 6) is 0. The van der Waals surface area contributed by atoms with Crippen LogP contribution in [0.25, 0.3) is 0 Å². The van der Waals surface area contributed by atoms with E-state index < -0.39 is 14.8 Å². The molecule has 0 aliphatic heterocycles. The van der Waals surface area contributed by atoms with Crippen molar-refractivity contribution in [1.29, 1.82) is 5.26 Å². The van der Waals surface area contributed by atoms with Gasteiger partial charge in [0.15, 0.2) is 15.0 Å². The molecule has 1 aromatic carbocycles. The second-order valence-corrected chi connectivity index (χ2v) is 8.00. The zero-order valence-electron chi connectivity index (χ0n) is 12.8. The molecular weight excluding hydrogens is 390 g/mol. The topological polar surface area (TPSA) is 138 Å². The summed E-state index contributed by atoms with van der Waals surface area (Å²) in [5.41, 5.74) is 0.110. The highest BCUT2D eigenvalue weighted by atomic mass is 35.5. The van der Waals surface area contributed by atoms with Crippen molar-refractivity contribution < 1.29 is 13.3 Å². The number of nitro groups is 1. The Morgan fingerprint density at radius 1 is 1.40 bits per heavy atom. The van der Waals surface area contributed by atoms with Gasteiger partial charge in [-0.3, -0.25) is 10.1 Å². The maximum absolute atomic E-state index is 11.5. The molecule has 0 fully saturated rings. The summed E-state index contributed by atoms with van der Waals surface area (Å²) in [6, 6.07) is 5.60. The van der Waals surface area contributed by atoms with E-state index in [4.69, 9.17) is 16.9 Å². The van der Waals surface area contributed by atoms with Crippen LogP contribution in [0.3, 0.4) is 0 Å². The van der Waals surface area contributed by atoms with E-state index in [0.29, 0.717) is 18.1 Å². The van der Waals surface area contributed by atoms with Gasteiger partial charge in [-0.05, 0) is 23.7 Å². The molecule has 0 aliphatic carbocycles. The zero-order chi connectivity index (χ0) is 18.6. The fourth-order valence-electron chi connectivity index (χ4n) is 1.90. The summed E-state index contributed by atoms with van der Waals surface area (Å²) >= 11 is 6.80. The van der Waals surface area contributed by atoms with Gasteiger partial charge < -0.3 is 10.6 Å². The second-order valence-electron chi connectivity index (χ2n) is 4.85. The molecule has 0 aliphatic rings. The third-order valence-corrected chi connectivity index (χ3v) is 5.37. The molecule has 0 unspecified atom stereocenters. The Kier molecular flexibility index (Phi) is 5.78. The number of hydrogen-bond acceptors (Lipinski definition) is 9. The summed E-state index contributed by atoms with van der Waals surface area (Å²) in [6.45, 7) is 0.637. The number of anilines is 2. The third kappa shape index (κ3) is 4.56. The number of nitro benzene ring substituents is 1. The monoisotopic (exact) mass is 401 g/mol. The van der Waals surface area contributed by atoms with Gasteiger partial charge >= 0.3 is 0 Å². The van der Waals surface area contributed by atoms with E-state index in [0.717, 1.165) is 23.9 Å². The Bertz CT molecular complexity index is 952. The summed E-state index contributed by atoms with van der Waals surface area (Å²) < 4.78 is 26.9. The zero-order valence-corrected chi connectivity index (χ0v) is 15.2. The summed E-state index contributed by atoms with van der Waals surface area (Å²) in [7, 11) is -3.54. The molecule has 1 aromatic heterocycles. The molecule has 2 N–H and O–H groups in total. The number of benzene rings is 1. The standard InChI is InChI=1S/C13H12ClN5O4S2/c1-25(22,23)8-2-3-10(11(6-8)19(20)21)16-4-5-17-13-9(7-15)12(14)18-24-13/h2-3,6,16-17H,4-5H2,1H3. The quantitative estimate of drug-likeness (QED) is 0.410. The largest absolute Gasteiger partial charge is 0.378 e. The van der Waals surface area contributed by atoms with E-state index in [-0.39, 0.29) is 27.0 Å². The van der Waals surface area contributed by atoms with Crippen molar-refractivity contribution in [2.45, 2.75) is 4.90 Å². The van der Waals surface area contributed by atoms with Crippen molar-refractivity contribution in [3.63, 3.8) is 0 Å². The minimum atomic E-state index is -3.54. The third-order valence-electron chi connectivity index (χ3n) is 3.08. The molecule has 0 saturated heterocycles. The second kappa shape index (κ2) is 7.64. The molecule has 25 heavy (non-hydrogen) atoms. The lowest BCUT2D eigenvalue weighted by atomic mass is 10.2. The molecule has 0 atom stereocenters. The van der Waals surface area contributed by atoms with Gasteiger partial charge in [-0.25, -0.2) is 8.42 Å². The van der Waals surface area contributed by atoms with Gasteiger partial charge in [0.25, 0.3) is 5.69 Å². The summed E-state index contributed by atoms with van der Waals surface area (Å²) in [4.78, 5) is 10.4. The van der Waals surface area contributed by atoms with Crippen molar-refractivity contribution in [3.05, 3.63) is 39.0 Å². The number of rotatable bonds is 7. The van der Waals surface area contributed by atoms with Gasteiger partial charge in [-0.1, -0.05) is 11.6 Å². The molecule has 132 valence electrons. The normalized spacial score (nSPS) is 10.9. The van der Waals surface area contributed by atoms with E-state index in [9.17, 15) is 18.5 Å². The van der Waals surface area contributed by atoms with Crippen molar-refractivity contribution >= 4 is 49.3 Å². The van der Waals surface area contributed by atoms with Gasteiger partial charge in [0.05, 0.1) is 9.82 Å². The predicted molar refractivity (Wildman–Crippen MR) is 95.0 cm³/mol. The van der Waals surface area contributed by atoms with Gasteiger partial charge in [0, 0.05) is 25.4 Å². The SMILES string of the molecule is CS(=O)(=O)c1ccc(NCCNc2snc(Cl)c2C#N)c([N+](=O)[O-])c1. The Hall–Kier alpha value is -2.42. The minimum absolute atomic E-state index is 0.120. The van der Waals surface area contributed by atoms with Crippen LogP contribution in [0, 0.1) is 21.4 Å². The van der Waals surface area contributed by atoms with Crippen LogP contribution in [-0.4, -0.2) is 37.1 Å². The minimum Gasteiger partial charge on any atom is -0.378 e. The fourth-order valence-corrected chi connectivity index (χ4v) is 3.50. The van der Waals surface area contributed by atoms with E-state index in [1.807, 2.05) is 6.07 Å². The van der Waals surface area contributed by atoms with Gasteiger partial charge in [-0.15, -0.1) is 0 Å². The maximum Gasteiger partial charge on any atom is 0.293 e. The number of hydrogen-bond donors (Lipinski definition) is 2. The Labute approximate surface area is 152 Å². The molecule has 9 nitrogen and oxygen atoms in total. The molecule has 0 radical (unpaired) electrons. The number of halogens is 1. The van der Waals surface area contributed by atoms with Crippen LogP contribution in [0.1, 0.15) is 5.56 Å². The number of nitrogens with one attached hydrogen (secondary N) is 2. The number of sulfone groups is 1. The van der Waals surface area contributed by atoms with Crippen molar-refractivity contribution in [3.8, 4) is 6.07 Å². The van der Waals surface area contributed by atoms with Gasteiger partial charge in [0.2, 0.25) is 0 Å². The number of nitriles is 1. The maximum atomic E-state index is 11.5. The first-order valence-corrected chi connectivity index (χ1v) is 9.80. The molecule has 0 amide bonds. The van der Waals surface area contributed by atoms with Crippen LogP contribution in [0.5, 0.6) is 0 Å². The summed E-state index contributed by atoms with van der Waals surface area (Å²) in [6.07, 6.45) is 0.982. The number of nitrogens with zero attached hydrogens (tertiary/aromatic N) is 3. The van der Waals surface area contributed by atoms with Crippen LogP contribution >= 0.6 is 23.1 Å². The Morgan fingerprint density at radius 2 is 2.08 bits per heavy atom. The summed E-state index contributed by atoms with van der Waals surface area (Å²) in [5, 5.41) is 26.6. The average molecular weight is 402 g/mol. The first-order valence-electron chi connectivity index (χ1n) is 6.75.